The molecule has 0 aromatic heterocycles. The molecule has 25 heavy (non-hydrogen) atoms. The van der Waals surface area contributed by atoms with Crippen LogP contribution < -0.4 is 4.74 Å². The number of carbonyl (C=O) groups excluding carboxylic acids is 1. The molecular weight excluding hydrogens is 316 g/mol. The maximum Gasteiger partial charge on any atom is 0.343 e. The number of ether oxygens (including phenoxy) is 3. The summed E-state index contributed by atoms with van der Waals surface area (Å²) in [5.74, 6) is 0.431. The van der Waals surface area contributed by atoms with Crippen LogP contribution in [0.4, 0.5) is 0 Å². The highest BCUT2D eigenvalue weighted by atomic mass is 16.6. The van der Waals surface area contributed by atoms with E-state index in [1.807, 2.05) is 50.2 Å². The van der Waals surface area contributed by atoms with Crippen LogP contribution in [-0.4, -0.2) is 26.3 Å². The summed E-state index contributed by atoms with van der Waals surface area (Å²) in [5.41, 5.74) is 1.83. The summed E-state index contributed by atoms with van der Waals surface area (Å²) in [5, 5.41) is 0. The van der Waals surface area contributed by atoms with Crippen LogP contribution in [0.3, 0.4) is 0 Å². The van der Waals surface area contributed by atoms with E-state index >= 15 is 0 Å². The third-order valence-electron chi connectivity index (χ3n) is 4.73. The lowest BCUT2D eigenvalue weighted by molar-refractivity contribution is -0.168. The maximum absolute atomic E-state index is 12.9. The number of benzene rings is 2. The van der Waals surface area contributed by atoms with Crippen molar-refractivity contribution in [2.24, 2.45) is 0 Å². The van der Waals surface area contributed by atoms with Gasteiger partial charge in [-0.1, -0.05) is 42.0 Å². The van der Waals surface area contributed by atoms with Crippen LogP contribution in [0.5, 0.6) is 5.75 Å². The normalized spacial score (nSPS) is 22.6. The first-order chi connectivity index (χ1) is 12.1. The lowest BCUT2D eigenvalue weighted by Crippen LogP contribution is -2.37. The van der Waals surface area contributed by atoms with E-state index in [0.29, 0.717) is 25.4 Å². The quantitative estimate of drug-likeness (QED) is 0.773. The first-order valence-electron chi connectivity index (χ1n) is 8.62. The van der Waals surface area contributed by atoms with Gasteiger partial charge in [0.25, 0.3) is 0 Å². The van der Waals surface area contributed by atoms with Gasteiger partial charge < -0.3 is 14.2 Å². The van der Waals surface area contributed by atoms with Gasteiger partial charge in [-0.15, -0.1) is 0 Å². The minimum Gasteiger partial charge on any atom is -0.496 e. The smallest absolute Gasteiger partial charge is 0.343 e. The van der Waals surface area contributed by atoms with Gasteiger partial charge in [-0.05, 0) is 31.5 Å². The first-order valence-corrected chi connectivity index (χ1v) is 8.62. The standard InChI is InChI=1S/C21H24O4/c1-4-24-20(22)21(18-12-15(2)10-11-19(18)23-3)13-17(14-25-21)16-8-6-5-7-9-16/h5-12,17H,4,13-14H2,1-3H3. The van der Waals surface area contributed by atoms with Gasteiger partial charge in [-0.3, -0.25) is 0 Å². The molecule has 2 unspecified atom stereocenters. The van der Waals surface area contributed by atoms with E-state index in [-0.39, 0.29) is 11.9 Å². The molecule has 4 nitrogen and oxygen atoms in total. The maximum atomic E-state index is 12.9. The Balaban J connectivity index is 2.05. The molecule has 2 atom stereocenters. The second-order valence-corrected chi connectivity index (χ2v) is 6.37. The molecule has 1 fully saturated rings. The Hall–Kier alpha value is -2.33. The van der Waals surface area contributed by atoms with Crippen molar-refractivity contribution in [2.75, 3.05) is 20.3 Å². The van der Waals surface area contributed by atoms with Gasteiger partial charge in [0.1, 0.15) is 5.75 Å². The van der Waals surface area contributed by atoms with Crippen molar-refractivity contribution in [3.05, 3.63) is 65.2 Å². The largest absolute Gasteiger partial charge is 0.496 e. The Labute approximate surface area is 148 Å². The van der Waals surface area contributed by atoms with Crippen molar-refractivity contribution in [3.63, 3.8) is 0 Å². The summed E-state index contributed by atoms with van der Waals surface area (Å²) in [6, 6.07) is 16.0. The van der Waals surface area contributed by atoms with E-state index in [0.717, 1.165) is 11.1 Å². The third-order valence-corrected chi connectivity index (χ3v) is 4.73. The van der Waals surface area contributed by atoms with Crippen LogP contribution in [0.15, 0.2) is 48.5 Å². The van der Waals surface area contributed by atoms with Crippen molar-refractivity contribution in [2.45, 2.75) is 31.8 Å². The predicted molar refractivity (Wildman–Crippen MR) is 95.8 cm³/mol. The summed E-state index contributed by atoms with van der Waals surface area (Å²) in [7, 11) is 1.61. The summed E-state index contributed by atoms with van der Waals surface area (Å²) in [4.78, 5) is 12.9. The van der Waals surface area contributed by atoms with Gasteiger partial charge in [0.05, 0.1) is 20.3 Å². The van der Waals surface area contributed by atoms with E-state index in [2.05, 4.69) is 12.1 Å². The van der Waals surface area contributed by atoms with Crippen molar-refractivity contribution in [1.29, 1.82) is 0 Å². The van der Waals surface area contributed by atoms with E-state index in [1.54, 1.807) is 7.11 Å². The fourth-order valence-electron chi connectivity index (χ4n) is 3.47. The second kappa shape index (κ2) is 7.28. The van der Waals surface area contributed by atoms with Crippen LogP contribution in [0, 0.1) is 6.92 Å². The van der Waals surface area contributed by atoms with Crippen molar-refractivity contribution >= 4 is 5.97 Å². The average molecular weight is 340 g/mol. The number of hydrogen-bond donors (Lipinski definition) is 0. The van der Waals surface area contributed by atoms with Crippen molar-refractivity contribution in [3.8, 4) is 5.75 Å². The van der Waals surface area contributed by atoms with Gasteiger partial charge in [0.15, 0.2) is 5.60 Å². The topological polar surface area (TPSA) is 44.8 Å². The monoisotopic (exact) mass is 340 g/mol. The SMILES string of the molecule is CCOC(=O)C1(c2cc(C)ccc2OC)CC(c2ccccc2)CO1. The number of hydrogen-bond acceptors (Lipinski definition) is 4. The summed E-state index contributed by atoms with van der Waals surface area (Å²) >= 11 is 0. The molecule has 2 aromatic carbocycles. The third kappa shape index (κ3) is 3.27. The Morgan fingerprint density at radius 3 is 2.68 bits per heavy atom. The molecule has 0 N–H and O–H groups in total. The zero-order chi connectivity index (χ0) is 17.9. The summed E-state index contributed by atoms with van der Waals surface area (Å²) in [6.45, 7) is 4.59. The van der Waals surface area contributed by atoms with Gasteiger partial charge in [-0.2, -0.15) is 0 Å². The van der Waals surface area contributed by atoms with Gasteiger partial charge in [-0.25, -0.2) is 4.79 Å². The zero-order valence-electron chi connectivity index (χ0n) is 15.0. The highest BCUT2D eigenvalue weighted by Crippen LogP contribution is 2.47. The fraction of sp³-hybridized carbons (Fsp3) is 0.381. The zero-order valence-corrected chi connectivity index (χ0v) is 15.0. The van der Waals surface area contributed by atoms with Gasteiger partial charge >= 0.3 is 5.97 Å². The highest BCUT2D eigenvalue weighted by Gasteiger charge is 2.51. The molecule has 1 heterocycles. The first kappa shape index (κ1) is 17.5. The molecule has 1 aliphatic rings. The van der Waals surface area contributed by atoms with Gasteiger partial charge in [0, 0.05) is 17.9 Å². The van der Waals surface area contributed by atoms with Crippen LogP contribution in [0.2, 0.25) is 0 Å². The Kier molecular flexibility index (Phi) is 5.09. The molecule has 0 aliphatic carbocycles. The van der Waals surface area contributed by atoms with E-state index in [4.69, 9.17) is 14.2 Å². The summed E-state index contributed by atoms with van der Waals surface area (Å²) < 4.78 is 17.1. The van der Waals surface area contributed by atoms with Gasteiger partial charge in [0.2, 0.25) is 0 Å². The molecule has 1 saturated heterocycles. The summed E-state index contributed by atoms with van der Waals surface area (Å²) in [6.07, 6.45) is 0.537. The lowest BCUT2D eigenvalue weighted by atomic mass is 9.83. The molecule has 0 bridgehead atoms. The Bertz CT molecular complexity index is 741. The molecule has 4 heteroatoms. The van der Waals surface area contributed by atoms with E-state index < -0.39 is 5.60 Å². The number of rotatable bonds is 5. The van der Waals surface area contributed by atoms with Crippen LogP contribution >= 0.6 is 0 Å². The van der Waals surface area contributed by atoms with Crippen LogP contribution in [0.1, 0.15) is 36.0 Å². The molecule has 2 aromatic rings. The minimum atomic E-state index is -1.13. The molecule has 3 rings (SSSR count). The number of esters is 1. The number of aryl methyl sites for hydroxylation is 1. The van der Waals surface area contributed by atoms with E-state index in [9.17, 15) is 4.79 Å². The molecule has 0 amide bonds. The predicted octanol–water partition coefficient (Wildman–Crippen LogP) is 3.97. The van der Waals surface area contributed by atoms with Crippen LogP contribution in [0.25, 0.3) is 0 Å². The molecule has 1 aliphatic heterocycles. The Morgan fingerprint density at radius 1 is 1.24 bits per heavy atom. The fourth-order valence-corrected chi connectivity index (χ4v) is 3.47. The average Bonchev–Trinajstić information content (AvgIpc) is 3.09. The van der Waals surface area contributed by atoms with E-state index in [1.165, 1.54) is 5.56 Å². The van der Waals surface area contributed by atoms with Crippen molar-refractivity contribution in [1.82, 2.24) is 0 Å². The van der Waals surface area contributed by atoms with Crippen LogP contribution in [-0.2, 0) is 19.9 Å². The highest BCUT2D eigenvalue weighted by molar-refractivity contribution is 5.83. The Morgan fingerprint density at radius 2 is 2.00 bits per heavy atom. The molecule has 0 radical (unpaired) electrons. The lowest BCUT2D eigenvalue weighted by Gasteiger charge is -2.28. The molecule has 132 valence electrons. The molecular formula is C21H24O4. The molecule has 0 spiro atoms. The minimum absolute atomic E-state index is 0.135. The van der Waals surface area contributed by atoms with Crippen molar-refractivity contribution < 1.29 is 19.0 Å². The number of carbonyl (C=O) groups is 1. The second-order valence-electron chi connectivity index (χ2n) is 6.37. The number of methoxy groups -OCH3 is 1. The molecule has 0 saturated carbocycles.